The largest absolute Gasteiger partial charge is 0.435 e. The first-order chi connectivity index (χ1) is 6.36. The number of hydrogen-bond donors (Lipinski definition) is 1. The summed E-state index contributed by atoms with van der Waals surface area (Å²) >= 11 is 0. The quantitative estimate of drug-likeness (QED) is 0.633. The summed E-state index contributed by atoms with van der Waals surface area (Å²) in [5, 5.41) is 3.00. The van der Waals surface area contributed by atoms with Crippen LogP contribution in [0.15, 0.2) is 0 Å². The Morgan fingerprint density at radius 2 is 2.23 bits per heavy atom. The number of rotatable bonds is 2. The zero-order valence-corrected chi connectivity index (χ0v) is 7.62. The molecule has 2 saturated heterocycles. The van der Waals surface area contributed by atoms with E-state index in [-0.39, 0.29) is 18.3 Å². The second-order valence-electron chi connectivity index (χ2n) is 3.53. The molecule has 0 radical (unpaired) electrons. The molecule has 4 heteroatoms. The van der Waals surface area contributed by atoms with Crippen LogP contribution in [-0.4, -0.2) is 31.5 Å². The van der Waals surface area contributed by atoms with E-state index in [2.05, 4.69) is 5.32 Å². The maximum absolute atomic E-state index is 11.3. The van der Waals surface area contributed by atoms with E-state index < -0.39 is 0 Å². The minimum Gasteiger partial charge on any atom is -0.435 e. The van der Waals surface area contributed by atoms with Crippen LogP contribution in [-0.2, 0) is 14.3 Å². The number of carbonyl (C=O) groups is 1. The molecular weight excluding hydrogens is 170 g/mol. The first-order valence-corrected chi connectivity index (χ1v) is 4.92. The van der Waals surface area contributed by atoms with Gasteiger partial charge in [-0.1, -0.05) is 0 Å². The number of nitrogens with one attached hydrogen (secondary N) is 1. The second-order valence-corrected chi connectivity index (χ2v) is 3.53. The smallest absolute Gasteiger partial charge is 0.325 e. The Kier molecular flexibility index (Phi) is 2.80. The van der Waals surface area contributed by atoms with Crippen molar-refractivity contribution in [2.45, 2.75) is 38.0 Å². The molecule has 0 aromatic rings. The van der Waals surface area contributed by atoms with Crippen molar-refractivity contribution in [1.82, 2.24) is 5.32 Å². The fourth-order valence-electron chi connectivity index (χ4n) is 1.51. The van der Waals surface area contributed by atoms with E-state index in [0.717, 1.165) is 38.8 Å². The molecule has 2 aliphatic rings. The lowest BCUT2D eigenvalue weighted by atomic mass is 10.1. The summed E-state index contributed by atoms with van der Waals surface area (Å²) in [6, 6.07) is -0.0782. The highest BCUT2D eigenvalue weighted by molar-refractivity contribution is 5.76. The van der Waals surface area contributed by atoms with Gasteiger partial charge < -0.3 is 14.8 Å². The SMILES string of the molecule is O=C(OC1CCCCO1)C1CCN1. The fraction of sp³-hybridized carbons (Fsp3) is 0.889. The van der Waals surface area contributed by atoms with Gasteiger partial charge >= 0.3 is 5.97 Å². The maximum atomic E-state index is 11.3. The lowest BCUT2D eigenvalue weighted by Crippen LogP contribution is -2.50. The summed E-state index contributed by atoms with van der Waals surface area (Å²) in [7, 11) is 0. The van der Waals surface area contributed by atoms with Gasteiger partial charge in [0.05, 0.1) is 6.61 Å². The molecule has 74 valence electrons. The maximum Gasteiger partial charge on any atom is 0.325 e. The van der Waals surface area contributed by atoms with E-state index in [4.69, 9.17) is 9.47 Å². The van der Waals surface area contributed by atoms with E-state index in [1.54, 1.807) is 0 Å². The van der Waals surface area contributed by atoms with Crippen LogP contribution >= 0.6 is 0 Å². The Balaban J connectivity index is 1.72. The third-order valence-electron chi connectivity index (χ3n) is 2.49. The minimum absolute atomic E-state index is 0.0782. The van der Waals surface area contributed by atoms with E-state index >= 15 is 0 Å². The summed E-state index contributed by atoms with van der Waals surface area (Å²) in [6.45, 7) is 1.64. The van der Waals surface area contributed by atoms with Gasteiger partial charge in [0.15, 0.2) is 0 Å². The van der Waals surface area contributed by atoms with Crippen molar-refractivity contribution in [1.29, 1.82) is 0 Å². The lowest BCUT2D eigenvalue weighted by molar-refractivity contribution is -0.190. The summed E-state index contributed by atoms with van der Waals surface area (Å²) in [5.74, 6) is -0.154. The Labute approximate surface area is 77.6 Å². The average Bonchev–Trinajstić information content (AvgIpc) is 2.02. The normalized spacial score (nSPS) is 33.5. The molecule has 4 nitrogen and oxygen atoms in total. The van der Waals surface area contributed by atoms with Crippen molar-refractivity contribution in [3.63, 3.8) is 0 Å². The molecule has 0 aromatic heterocycles. The van der Waals surface area contributed by atoms with Gasteiger partial charge in [-0.25, -0.2) is 0 Å². The van der Waals surface area contributed by atoms with Crippen LogP contribution in [0.25, 0.3) is 0 Å². The first kappa shape index (κ1) is 8.97. The van der Waals surface area contributed by atoms with Gasteiger partial charge in [0.25, 0.3) is 0 Å². The Hall–Kier alpha value is -0.610. The van der Waals surface area contributed by atoms with Gasteiger partial charge in [0, 0.05) is 6.42 Å². The number of carbonyl (C=O) groups excluding carboxylic acids is 1. The highest BCUT2D eigenvalue weighted by Crippen LogP contribution is 2.15. The summed E-state index contributed by atoms with van der Waals surface area (Å²) in [5.41, 5.74) is 0. The zero-order valence-electron chi connectivity index (χ0n) is 7.62. The van der Waals surface area contributed by atoms with Crippen molar-refractivity contribution < 1.29 is 14.3 Å². The van der Waals surface area contributed by atoms with Gasteiger partial charge in [-0.3, -0.25) is 4.79 Å². The molecule has 2 fully saturated rings. The highest BCUT2D eigenvalue weighted by atomic mass is 16.7. The van der Waals surface area contributed by atoms with Crippen molar-refractivity contribution >= 4 is 5.97 Å². The summed E-state index contributed by atoms with van der Waals surface area (Å²) in [4.78, 5) is 11.3. The Morgan fingerprint density at radius 1 is 1.38 bits per heavy atom. The van der Waals surface area contributed by atoms with Crippen LogP contribution in [0.5, 0.6) is 0 Å². The Bertz CT molecular complexity index is 185. The van der Waals surface area contributed by atoms with Crippen molar-refractivity contribution in [2.75, 3.05) is 13.2 Å². The molecule has 1 N–H and O–H groups in total. The molecule has 2 heterocycles. The second kappa shape index (κ2) is 4.07. The molecule has 2 atom stereocenters. The predicted octanol–water partition coefficient (Wildman–Crippen LogP) is 0.418. The minimum atomic E-state index is -0.288. The molecule has 0 aromatic carbocycles. The standard InChI is InChI=1S/C9H15NO3/c11-9(7-4-5-10-7)13-8-3-1-2-6-12-8/h7-8,10H,1-6H2. The number of ether oxygens (including phenoxy) is 2. The monoisotopic (exact) mass is 185 g/mol. The topological polar surface area (TPSA) is 47.6 Å². The molecule has 13 heavy (non-hydrogen) atoms. The molecule has 2 aliphatic heterocycles. The Morgan fingerprint density at radius 3 is 2.77 bits per heavy atom. The van der Waals surface area contributed by atoms with Crippen molar-refractivity contribution in [2.24, 2.45) is 0 Å². The average molecular weight is 185 g/mol. The molecule has 0 bridgehead atoms. The molecular formula is C9H15NO3. The van der Waals surface area contributed by atoms with Crippen LogP contribution < -0.4 is 5.32 Å². The number of hydrogen-bond acceptors (Lipinski definition) is 4. The third-order valence-corrected chi connectivity index (χ3v) is 2.49. The fourth-order valence-corrected chi connectivity index (χ4v) is 1.51. The summed E-state index contributed by atoms with van der Waals surface area (Å²) in [6.07, 6.45) is 3.62. The van der Waals surface area contributed by atoms with Gasteiger partial charge in [-0.15, -0.1) is 0 Å². The summed E-state index contributed by atoms with van der Waals surface area (Å²) < 4.78 is 10.5. The van der Waals surface area contributed by atoms with Crippen molar-refractivity contribution in [3.05, 3.63) is 0 Å². The van der Waals surface area contributed by atoms with E-state index in [9.17, 15) is 4.79 Å². The molecule has 2 unspecified atom stereocenters. The van der Waals surface area contributed by atoms with Gasteiger partial charge in [-0.2, -0.15) is 0 Å². The molecule has 0 spiro atoms. The van der Waals surface area contributed by atoms with Gasteiger partial charge in [-0.05, 0) is 25.8 Å². The van der Waals surface area contributed by atoms with Crippen LogP contribution in [0.4, 0.5) is 0 Å². The van der Waals surface area contributed by atoms with Crippen LogP contribution in [0.3, 0.4) is 0 Å². The lowest BCUT2D eigenvalue weighted by Gasteiger charge is -2.29. The van der Waals surface area contributed by atoms with Gasteiger partial charge in [0.1, 0.15) is 6.04 Å². The first-order valence-electron chi connectivity index (χ1n) is 4.92. The van der Waals surface area contributed by atoms with E-state index in [0.29, 0.717) is 0 Å². The van der Waals surface area contributed by atoms with E-state index in [1.165, 1.54) is 0 Å². The van der Waals surface area contributed by atoms with Crippen LogP contribution in [0.2, 0.25) is 0 Å². The highest BCUT2D eigenvalue weighted by Gasteiger charge is 2.28. The van der Waals surface area contributed by atoms with E-state index in [1.807, 2.05) is 0 Å². The molecule has 0 saturated carbocycles. The van der Waals surface area contributed by atoms with Crippen molar-refractivity contribution in [3.8, 4) is 0 Å². The predicted molar refractivity (Wildman–Crippen MR) is 46.1 cm³/mol. The molecule has 2 rings (SSSR count). The van der Waals surface area contributed by atoms with Crippen LogP contribution in [0, 0.1) is 0 Å². The third kappa shape index (κ3) is 2.19. The molecule has 0 amide bonds. The number of esters is 1. The molecule has 0 aliphatic carbocycles. The van der Waals surface area contributed by atoms with Crippen LogP contribution in [0.1, 0.15) is 25.7 Å². The van der Waals surface area contributed by atoms with Gasteiger partial charge in [0.2, 0.25) is 6.29 Å². The zero-order chi connectivity index (χ0) is 9.10.